The van der Waals surface area contributed by atoms with Crippen molar-refractivity contribution in [2.45, 2.75) is 13.3 Å². The summed E-state index contributed by atoms with van der Waals surface area (Å²) < 4.78 is 0. The normalized spacial score (nSPS) is 26.8. The molecule has 1 rings (SSSR count). The van der Waals surface area contributed by atoms with Crippen molar-refractivity contribution in [2.24, 2.45) is 11.8 Å². The van der Waals surface area contributed by atoms with Gasteiger partial charge >= 0.3 is 0 Å². The SMILES string of the molecule is CC(=O)O.OCC1CC1CO. The number of carboxylic acid groups (broad SMARTS) is 1. The molecule has 11 heavy (non-hydrogen) atoms. The Hall–Kier alpha value is -0.610. The van der Waals surface area contributed by atoms with Crippen molar-refractivity contribution in [3.8, 4) is 0 Å². The van der Waals surface area contributed by atoms with Gasteiger partial charge in [0.1, 0.15) is 0 Å². The first-order chi connectivity index (χ1) is 5.11. The van der Waals surface area contributed by atoms with Gasteiger partial charge in [-0.25, -0.2) is 0 Å². The lowest BCUT2D eigenvalue weighted by Gasteiger charge is -1.84. The summed E-state index contributed by atoms with van der Waals surface area (Å²) in [5.74, 6) is 0.00926. The van der Waals surface area contributed by atoms with E-state index in [1.54, 1.807) is 0 Å². The lowest BCUT2D eigenvalue weighted by molar-refractivity contribution is -0.134. The molecule has 1 aliphatic carbocycles. The summed E-state index contributed by atoms with van der Waals surface area (Å²) in [7, 11) is 0. The Morgan fingerprint density at radius 1 is 1.36 bits per heavy atom. The summed E-state index contributed by atoms with van der Waals surface area (Å²) >= 11 is 0. The van der Waals surface area contributed by atoms with Crippen LogP contribution in [0.15, 0.2) is 0 Å². The molecule has 0 aromatic carbocycles. The van der Waals surface area contributed by atoms with E-state index in [4.69, 9.17) is 20.1 Å². The molecule has 4 heteroatoms. The fraction of sp³-hybridized carbons (Fsp3) is 0.857. The Morgan fingerprint density at radius 2 is 1.64 bits per heavy atom. The van der Waals surface area contributed by atoms with Gasteiger partial charge in [-0.3, -0.25) is 4.79 Å². The van der Waals surface area contributed by atoms with E-state index in [1.165, 1.54) is 0 Å². The molecule has 0 aromatic rings. The third kappa shape index (κ3) is 5.82. The number of carboxylic acids is 1. The number of aliphatic hydroxyl groups is 2. The first kappa shape index (κ1) is 10.4. The molecule has 4 nitrogen and oxygen atoms in total. The Labute approximate surface area is 65.5 Å². The number of carbonyl (C=O) groups is 1. The molecule has 1 saturated carbocycles. The van der Waals surface area contributed by atoms with Crippen molar-refractivity contribution >= 4 is 5.97 Å². The van der Waals surface area contributed by atoms with Gasteiger partial charge in [-0.15, -0.1) is 0 Å². The molecule has 0 saturated heterocycles. The van der Waals surface area contributed by atoms with E-state index in [0.29, 0.717) is 11.8 Å². The van der Waals surface area contributed by atoms with Crippen LogP contribution >= 0.6 is 0 Å². The molecule has 0 bridgehead atoms. The predicted octanol–water partition coefficient (Wildman–Crippen LogP) is -0.302. The van der Waals surface area contributed by atoms with Crippen LogP contribution in [0, 0.1) is 11.8 Å². The van der Waals surface area contributed by atoms with E-state index in [-0.39, 0.29) is 13.2 Å². The average Bonchev–Trinajstić information content (AvgIpc) is 2.64. The first-order valence-corrected chi connectivity index (χ1v) is 3.53. The van der Waals surface area contributed by atoms with Crippen LogP contribution in [0.2, 0.25) is 0 Å². The third-order valence-electron chi connectivity index (χ3n) is 1.54. The van der Waals surface area contributed by atoms with Crippen LogP contribution in [-0.2, 0) is 4.79 Å². The van der Waals surface area contributed by atoms with Gasteiger partial charge in [0, 0.05) is 20.1 Å². The Morgan fingerprint density at radius 3 is 1.73 bits per heavy atom. The Balaban J connectivity index is 0.000000218. The zero-order valence-corrected chi connectivity index (χ0v) is 6.53. The molecule has 2 atom stereocenters. The van der Waals surface area contributed by atoms with Crippen LogP contribution < -0.4 is 0 Å². The van der Waals surface area contributed by atoms with Gasteiger partial charge in [0.2, 0.25) is 0 Å². The second-order valence-corrected chi connectivity index (χ2v) is 2.64. The number of aliphatic carboxylic acids is 1. The number of hydrogen-bond acceptors (Lipinski definition) is 3. The number of aliphatic hydroxyl groups excluding tert-OH is 2. The molecule has 66 valence electrons. The minimum absolute atomic E-state index is 0.255. The maximum atomic E-state index is 9.00. The molecular formula is C7H14O4. The van der Waals surface area contributed by atoms with E-state index in [9.17, 15) is 0 Å². The number of rotatable bonds is 2. The highest BCUT2D eigenvalue weighted by Gasteiger charge is 2.35. The maximum absolute atomic E-state index is 9.00. The maximum Gasteiger partial charge on any atom is 0.300 e. The summed E-state index contributed by atoms with van der Waals surface area (Å²) in [6, 6.07) is 0. The fourth-order valence-corrected chi connectivity index (χ4v) is 0.758. The molecule has 0 aliphatic heterocycles. The van der Waals surface area contributed by atoms with Crippen LogP contribution in [0.5, 0.6) is 0 Å². The molecule has 2 unspecified atom stereocenters. The largest absolute Gasteiger partial charge is 0.481 e. The summed E-state index contributed by atoms with van der Waals surface area (Å²) in [5.41, 5.74) is 0. The molecule has 0 aromatic heterocycles. The van der Waals surface area contributed by atoms with E-state index in [2.05, 4.69) is 0 Å². The topological polar surface area (TPSA) is 77.8 Å². The van der Waals surface area contributed by atoms with Crippen LogP contribution in [0.3, 0.4) is 0 Å². The van der Waals surface area contributed by atoms with E-state index in [0.717, 1.165) is 13.3 Å². The summed E-state index contributed by atoms with van der Waals surface area (Å²) in [5, 5.41) is 24.2. The second kappa shape index (κ2) is 5.09. The van der Waals surface area contributed by atoms with Crippen molar-refractivity contribution in [1.29, 1.82) is 0 Å². The first-order valence-electron chi connectivity index (χ1n) is 3.53. The van der Waals surface area contributed by atoms with Gasteiger partial charge < -0.3 is 15.3 Å². The highest BCUT2D eigenvalue weighted by atomic mass is 16.4. The Kier molecular flexibility index (Phi) is 4.81. The molecule has 0 amide bonds. The Bertz CT molecular complexity index is 112. The molecule has 3 N–H and O–H groups in total. The number of hydrogen-bond donors (Lipinski definition) is 3. The molecule has 0 heterocycles. The molecule has 1 aliphatic rings. The van der Waals surface area contributed by atoms with E-state index < -0.39 is 5.97 Å². The van der Waals surface area contributed by atoms with E-state index >= 15 is 0 Å². The van der Waals surface area contributed by atoms with Crippen LogP contribution in [0.25, 0.3) is 0 Å². The van der Waals surface area contributed by atoms with Gasteiger partial charge in [-0.05, 0) is 18.3 Å². The van der Waals surface area contributed by atoms with Crippen molar-refractivity contribution < 1.29 is 20.1 Å². The van der Waals surface area contributed by atoms with Gasteiger partial charge in [0.05, 0.1) is 0 Å². The smallest absolute Gasteiger partial charge is 0.300 e. The molecule has 0 radical (unpaired) electrons. The van der Waals surface area contributed by atoms with Crippen molar-refractivity contribution in [1.82, 2.24) is 0 Å². The molecule has 1 fully saturated rings. The second-order valence-electron chi connectivity index (χ2n) is 2.64. The third-order valence-corrected chi connectivity index (χ3v) is 1.54. The summed E-state index contributed by atoms with van der Waals surface area (Å²) in [4.78, 5) is 9.00. The summed E-state index contributed by atoms with van der Waals surface area (Å²) in [6.45, 7) is 1.59. The quantitative estimate of drug-likeness (QED) is 0.521. The standard InChI is InChI=1S/C5H10O2.C2H4O2/c6-2-4-1-5(4)3-7;1-2(3)4/h4-7H,1-3H2;1H3,(H,3,4). The highest BCUT2D eigenvalue weighted by molar-refractivity contribution is 5.62. The fourth-order valence-electron chi connectivity index (χ4n) is 0.758. The highest BCUT2D eigenvalue weighted by Crippen LogP contribution is 2.36. The van der Waals surface area contributed by atoms with Crippen molar-refractivity contribution in [2.75, 3.05) is 13.2 Å². The van der Waals surface area contributed by atoms with Gasteiger partial charge in [0.15, 0.2) is 0 Å². The van der Waals surface area contributed by atoms with Crippen molar-refractivity contribution in [3.05, 3.63) is 0 Å². The lowest BCUT2D eigenvalue weighted by Crippen LogP contribution is -1.91. The van der Waals surface area contributed by atoms with Gasteiger partial charge in [-0.2, -0.15) is 0 Å². The minimum Gasteiger partial charge on any atom is -0.481 e. The zero-order chi connectivity index (χ0) is 8.85. The monoisotopic (exact) mass is 162 g/mol. The molecular weight excluding hydrogens is 148 g/mol. The lowest BCUT2D eigenvalue weighted by atomic mass is 10.3. The van der Waals surface area contributed by atoms with Crippen LogP contribution in [0.1, 0.15) is 13.3 Å². The predicted molar refractivity (Wildman–Crippen MR) is 39.1 cm³/mol. The van der Waals surface area contributed by atoms with Gasteiger partial charge in [0.25, 0.3) is 5.97 Å². The molecule has 0 spiro atoms. The van der Waals surface area contributed by atoms with E-state index in [1.807, 2.05) is 0 Å². The van der Waals surface area contributed by atoms with Crippen LogP contribution in [-0.4, -0.2) is 34.5 Å². The summed E-state index contributed by atoms with van der Waals surface area (Å²) in [6.07, 6.45) is 1.02. The average molecular weight is 162 g/mol. The zero-order valence-electron chi connectivity index (χ0n) is 6.53. The van der Waals surface area contributed by atoms with Crippen LogP contribution in [0.4, 0.5) is 0 Å². The van der Waals surface area contributed by atoms with Gasteiger partial charge in [-0.1, -0.05) is 0 Å². The van der Waals surface area contributed by atoms with Crippen molar-refractivity contribution in [3.63, 3.8) is 0 Å². The minimum atomic E-state index is -0.833.